The molecule has 74 heavy (non-hydrogen) atoms. The molecule has 358 valence electrons. The van der Waals surface area contributed by atoms with Crippen molar-refractivity contribution < 1.29 is 0 Å². The van der Waals surface area contributed by atoms with Crippen LogP contribution in [0.5, 0.6) is 0 Å². The van der Waals surface area contributed by atoms with E-state index in [0.29, 0.717) is 0 Å². The SMILES string of the molecule is C(=Cc1ccc(C=CC2=CCC(N(c3ccccc3)c3ccccc3)(N(c3ccccc3)c3ccccc3)C=C2)cc1)C1=CCC(N(c2ccccc2)c2ccccc2)(N(c2ccccc2)c2ccccc2)C=C1. The molecular weight excluding hydrogens is 897 g/mol. The van der Waals surface area contributed by atoms with E-state index in [1.54, 1.807) is 0 Å². The van der Waals surface area contributed by atoms with Crippen molar-refractivity contribution in [3.63, 3.8) is 0 Å². The van der Waals surface area contributed by atoms with Crippen LogP contribution in [-0.2, 0) is 0 Å². The van der Waals surface area contributed by atoms with Crippen molar-refractivity contribution in [2.75, 3.05) is 19.6 Å². The normalized spacial score (nSPS) is 14.5. The Morgan fingerprint density at radius 1 is 0.243 bits per heavy atom. The molecule has 0 amide bonds. The zero-order valence-corrected chi connectivity index (χ0v) is 41.4. The third kappa shape index (κ3) is 9.95. The van der Waals surface area contributed by atoms with E-state index >= 15 is 0 Å². The van der Waals surface area contributed by atoms with Gasteiger partial charge in [0.15, 0.2) is 0 Å². The van der Waals surface area contributed by atoms with Crippen LogP contribution in [0.1, 0.15) is 24.0 Å². The second-order valence-corrected chi connectivity index (χ2v) is 18.6. The molecule has 0 bridgehead atoms. The summed E-state index contributed by atoms with van der Waals surface area (Å²) in [6.07, 6.45) is 24.5. The van der Waals surface area contributed by atoms with Crippen molar-refractivity contribution in [2.24, 2.45) is 0 Å². The monoisotopic (exact) mass is 954 g/mol. The van der Waals surface area contributed by atoms with Crippen molar-refractivity contribution in [1.82, 2.24) is 0 Å². The zero-order valence-electron chi connectivity index (χ0n) is 41.4. The first-order valence-electron chi connectivity index (χ1n) is 25.5. The molecule has 2 aliphatic rings. The van der Waals surface area contributed by atoms with Gasteiger partial charge in [-0.15, -0.1) is 0 Å². The standard InChI is InChI=1S/C70H58N4/c1-9-25-61(26-10-1)71(62-27-11-2-12-28-62)69(72(63-29-13-3-14-30-63)64-31-15-4-16-32-64)53-49-59(50-54-69)47-45-57-41-43-58(44-42-57)46-48-60-51-55-70(56-52-60,73(65-33-17-5-18-34-65)66-35-19-6-20-36-66)74(67-37-21-7-22-38-67)68-39-23-8-24-40-68/h1-53,55H,54,56H2. The maximum atomic E-state index is 2.48. The van der Waals surface area contributed by atoms with Crippen molar-refractivity contribution in [2.45, 2.75) is 24.2 Å². The maximum Gasteiger partial charge on any atom is 0.145 e. The second-order valence-electron chi connectivity index (χ2n) is 18.6. The number of allylic oxidation sites excluding steroid dienone is 6. The molecule has 0 heterocycles. The molecular formula is C70H58N4. The van der Waals surface area contributed by atoms with E-state index in [-0.39, 0.29) is 0 Å². The van der Waals surface area contributed by atoms with Gasteiger partial charge in [0.1, 0.15) is 11.3 Å². The lowest BCUT2D eigenvalue weighted by molar-refractivity contribution is 0.523. The van der Waals surface area contributed by atoms with Gasteiger partial charge in [-0.25, -0.2) is 0 Å². The first-order chi connectivity index (χ1) is 36.7. The van der Waals surface area contributed by atoms with Crippen LogP contribution in [0.4, 0.5) is 45.5 Å². The van der Waals surface area contributed by atoms with Gasteiger partial charge in [-0.2, -0.15) is 0 Å². The quantitative estimate of drug-likeness (QED) is 0.0895. The fourth-order valence-electron chi connectivity index (χ4n) is 10.5. The summed E-state index contributed by atoms with van der Waals surface area (Å²) in [5.74, 6) is 0. The van der Waals surface area contributed by atoms with Gasteiger partial charge in [0.25, 0.3) is 0 Å². The van der Waals surface area contributed by atoms with Gasteiger partial charge in [0, 0.05) is 58.3 Å². The Bertz CT molecular complexity index is 2850. The van der Waals surface area contributed by atoms with E-state index in [9.17, 15) is 0 Å². The predicted molar refractivity (Wildman–Crippen MR) is 314 cm³/mol. The van der Waals surface area contributed by atoms with Gasteiger partial charge in [-0.05, 0) is 131 Å². The van der Waals surface area contributed by atoms with Gasteiger partial charge in [0.2, 0.25) is 0 Å². The number of benzene rings is 9. The summed E-state index contributed by atoms with van der Waals surface area (Å²) >= 11 is 0. The minimum atomic E-state index is -0.631. The summed E-state index contributed by atoms with van der Waals surface area (Å²) in [5.41, 5.74) is 12.2. The molecule has 0 saturated heterocycles. The third-order valence-electron chi connectivity index (χ3n) is 13.9. The number of para-hydroxylation sites is 8. The highest BCUT2D eigenvalue weighted by Gasteiger charge is 2.45. The van der Waals surface area contributed by atoms with Crippen molar-refractivity contribution >= 4 is 57.7 Å². The molecule has 0 aromatic heterocycles. The van der Waals surface area contributed by atoms with E-state index < -0.39 is 11.3 Å². The minimum absolute atomic E-state index is 0.631. The van der Waals surface area contributed by atoms with Crippen LogP contribution < -0.4 is 19.6 Å². The Kier molecular flexibility index (Phi) is 13.9. The minimum Gasteiger partial charge on any atom is -0.314 e. The van der Waals surface area contributed by atoms with E-state index in [0.717, 1.165) is 80.6 Å². The van der Waals surface area contributed by atoms with Gasteiger partial charge in [0.05, 0.1) is 0 Å². The van der Waals surface area contributed by atoms with Crippen LogP contribution in [0.15, 0.2) is 327 Å². The van der Waals surface area contributed by atoms with Crippen LogP contribution in [-0.4, -0.2) is 11.3 Å². The molecule has 0 unspecified atom stereocenters. The highest BCUT2D eigenvalue weighted by atomic mass is 15.4. The van der Waals surface area contributed by atoms with Crippen LogP contribution in [0.25, 0.3) is 12.2 Å². The molecule has 0 atom stereocenters. The van der Waals surface area contributed by atoms with Crippen LogP contribution >= 0.6 is 0 Å². The molecule has 0 radical (unpaired) electrons. The average molecular weight is 955 g/mol. The summed E-state index contributed by atoms with van der Waals surface area (Å²) in [4.78, 5) is 9.93. The fraction of sp³-hybridized carbons (Fsp3) is 0.0571. The fourth-order valence-corrected chi connectivity index (χ4v) is 10.5. The third-order valence-corrected chi connectivity index (χ3v) is 13.9. The molecule has 0 fully saturated rings. The van der Waals surface area contributed by atoms with E-state index in [1.807, 2.05) is 0 Å². The largest absolute Gasteiger partial charge is 0.314 e. The number of rotatable bonds is 16. The maximum absolute atomic E-state index is 2.48. The lowest BCUT2D eigenvalue weighted by atomic mass is 9.89. The Labute approximate surface area is 437 Å². The molecule has 0 spiro atoms. The van der Waals surface area contributed by atoms with E-state index in [4.69, 9.17) is 0 Å². The smallest absolute Gasteiger partial charge is 0.145 e. The number of hydrogen-bond donors (Lipinski definition) is 0. The lowest BCUT2D eigenvalue weighted by Crippen LogP contribution is -2.57. The molecule has 9 aromatic rings. The predicted octanol–water partition coefficient (Wildman–Crippen LogP) is 18.2. The van der Waals surface area contributed by atoms with E-state index in [1.165, 1.54) is 0 Å². The number of anilines is 8. The zero-order chi connectivity index (χ0) is 49.8. The highest BCUT2D eigenvalue weighted by Crippen LogP contribution is 2.48. The van der Waals surface area contributed by atoms with Crippen LogP contribution in [0.3, 0.4) is 0 Å². The molecule has 11 rings (SSSR count). The van der Waals surface area contributed by atoms with Crippen molar-refractivity contribution in [3.05, 3.63) is 338 Å². The number of nitrogens with zero attached hydrogens (tertiary/aromatic N) is 4. The second kappa shape index (κ2) is 21.9. The van der Waals surface area contributed by atoms with Gasteiger partial charge >= 0.3 is 0 Å². The molecule has 0 saturated carbocycles. The van der Waals surface area contributed by atoms with Crippen molar-refractivity contribution in [1.29, 1.82) is 0 Å². The molecule has 2 aliphatic carbocycles. The molecule has 9 aromatic carbocycles. The molecule has 4 heteroatoms. The molecule has 0 aliphatic heterocycles. The number of hydrogen-bond acceptors (Lipinski definition) is 4. The van der Waals surface area contributed by atoms with E-state index in [2.05, 4.69) is 347 Å². The first-order valence-corrected chi connectivity index (χ1v) is 25.5. The summed E-state index contributed by atoms with van der Waals surface area (Å²) in [5, 5.41) is 0. The van der Waals surface area contributed by atoms with Gasteiger partial charge in [-0.1, -0.05) is 218 Å². The van der Waals surface area contributed by atoms with Crippen LogP contribution in [0.2, 0.25) is 0 Å². The molecule has 0 N–H and O–H groups in total. The van der Waals surface area contributed by atoms with Gasteiger partial charge < -0.3 is 19.6 Å². The first kappa shape index (κ1) is 47.0. The molecule has 4 nitrogen and oxygen atoms in total. The summed E-state index contributed by atoms with van der Waals surface area (Å²) < 4.78 is 0. The summed E-state index contributed by atoms with van der Waals surface area (Å²) in [7, 11) is 0. The highest BCUT2D eigenvalue weighted by molar-refractivity contribution is 5.79. The Balaban J connectivity index is 0.871. The van der Waals surface area contributed by atoms with Gasteiger partial charge in [-0.3, -0.25) is 0 Å². The Hall–Kier alpha value is -9.38. The van der Waals surface area contributed by atoms with Crippen molar-refractivity contribution in [3.8, 4) is 0 Å². The van der Waals surface area contributed by atoms with Crippen LogP contribution in [0, 0.1) is 0 Å². The summed E-state index contributed by atoms with van der Waals surface area (Å²) in [6, 6.07) is 94.9. The lowest BCUT2D eigenvalue weighted by Gasteiger charge is -2.52. The topological polar surface area (TPSA) is 13.0 Å². The average Bonchev–Trinajstić information content (AvgIpc) is 3.48. The summed E-state index contributed by atoms with van der Waals surface area (Å²) in [6.45, 7) is 0. The Morgan fingerprint density at radius 2 is 0.446 bits per heavy atom. The Morgan fingerprint density at radius 3 is 0.622 bits per heavy atom.